The molecule has 3 rings (SSSR count). The molecule has 1 aromatic heterocycles. The van der Waals surface area contributed by atoms with E-state index in [0.29, 0.717) is 6.04 Å². The van der Waals surface area contributed by atoms with Crippen LogP contribution in [0.4, 0.5) is 5.69 Å². The fourth-order valence-corrected chi connectivity index (χ4v) is 3.18. The van der Waals surface area contributed by atoms with E-state index in [1.54, 1.807) is 6.20 Å². The third kappa shape index (κ3) is 2.52. The minimum absolute atomic E-state index is 0.541. The van der Waals surface area contributed by atoms with Crippen LogP contribution in [0, 0.1) is 0 Å². The first-order chi connectivity index (χ1) is 8.83. The maximum atomic E-state index is 5.72. The molecule has 5 heteroatoms. The van der Waals surface area contributed by atoms with Gasteiger partial charge in [-0.25, -0.2) is 0 Å². The maximum Gasteiger partial charge on any atom is 0.0719 e. The molecule has 0 spiro atoms. The van der Waals surface area contributed by atoms with Crippen molar-refractivity contribution in [2.75, 3.05) is 32.0 Å². The van der Waals surface area contributed by atoms with Crippen LogP contribution in [-0.2, 0) is 4.74 Å². The van der Waals surface area contributed by atoms with Crippen LogP contribution in [-0.4, -0.2) is 47.0 Å². The predicted molar refractivity (Wildman–Crippen MR) is 70.3 cm³/mol. The number of ether oxygens (including phenoxy) is 1. The van der Waals surface area contributed by atoms with Gasteiger partial charge in [0.1, 0.15) is 0 Å². The van der Waals surface area contributed by atoms with Crippen LogP contribution in [0.5, 0.6) is 0 Å². The van der Waals surface area contributed by atoms with E-state index in [4.69, 9.17) is 10.5 Å². The second kappa shape index (κ2) is 5.28. The van der Waals surface area contributed by atoms with E-state index in [-0.39, 0.29) is 0 Å². The average Bonchev–Trinajstić information content (AvgIpc) is 2.87. The molecule has 2 fully saturated rings. The first-order valence-electron chi connectivity index (χ1n) is 6.94. The minimum Gasteiger partial charge on any atom is -0.396 e. The number of aromatic nitrogens is 2. The van der Waals surface area contributed by atoms with Crippen LogP contribution in [0.25, 0.3) is 0 Å². The summed E-state index contributed by atoms with van der Waals surface area (Å²) in [5, 5.41) is 4.34. The van der Waals surface area contributed by atoms with Gasteiger partial charge in [-0.05, 0) is 25.7 Å². The molecule has 5 nitrogen and oxygen atoms in total. The monoisotopic (exact) mass is 250 g/mol. The quantitative estimate of drug-likeness (QED) is 0.859. The van der Waals surface area contributed by atoms with Crippen LogP contribution in [0.1, 0.15) is 31.7 Å². The van der Waals surface area contributed by atoms with E-state index in [1.807, 2.05) is 10.9 Å². The standard InChI is InChI=1S/C13H22N4O/c14-11-9-15-17(10-11)13-3-1-12(2-4-13)16-5-7-18-8-6-16/h9-10,12-13H,1-8,14H2/t12-,13-. The fraction of sp³-hybridized carbons (Fsp3) is 0.769. The average molecular weight is 250 g/mol. The lowest BCUT2D eigenvalue weighted by Crippen LogP contribution is -2.45. The minimum atomic E-state index is 0.541. The Balaban J connectivity index is 1.54. The molecule has 1 aliphatic carbocycles. The van der Waals surface area contributed by atoms with Crippen LogP contribution < -0.4 is 5.73 Å². The van der Waals surface area contributed by atoms with E-state index >= 15 is 0 Å². The molecule has 0 aromatic carbocycles. The highest BCUT2D eigenvalue weighted by molar-refractivity contribution is 5.30. The van der Waals surface area contributed by atoms with Gasteiger partial charge in [0.2, 0.25) is 0 Å². The summed E-state index contributed by atoms with van der Waals surface area (Å²) in [6.07, 6.45) is 8.66. The molecule has 1 saturated heterocycles. The van der Waals surface area contributed by atoms with Crippen LogP contribution in [0.2, 0.25) is 0 Å². The van der Waals surface area contributed by atoms with Gasteiger partial charge in [0.15, 0.2) is 0 Å². The van der Waals surface area contributed by atoms with Gasteiger partial charge in [0.25, 0.3) is 0 Å². The molecule has 2 N–H and O–H groups in total. The van der Waals surface area contributed by atoms with Crippen molar-refractivity contribution < 1.29 is 4.74 Å². The van der Waals surface area contributed by atoms with Crippen molar-refractivity contribution in [3.8, 4) is 0 Å². The predicted octanol–water partition coefficient (Wildman–Crippen LogP) is 1.28. The van der Waals surface area contributed by atoms with Crippen molar-refractivity contribution in [1.82, 2.24) is 14.7 Å². The molecule has 0 radical (unpaired) electrons. The van der Waals surface area contributed by atoms with Crippen molar-refractivity contribution in [1.29, 1.82) is 0 Å². The smallest absolute Gasteiger partial charge is 0.0719 e. The van der Waals surface area contributed by atoms with Crippen molar-refractivity contribution in [2.45, 2.75) is 37.8 Å². The molecular formula is C13H22N4O. The number of rotatable bonds is 2. The largest absolute Gasteiger partial charge is 0.396 e. The zero-order chi connectivity index (χ0) is 12.4. The van der Waals surface area contributed by atoms with Gasteiger partial charge in [-0.2, -0.15) is 5.10 Å². The summed E-state index contributed by atoms with van der Waals surface area (Å²) >= 11 is 0. The first kappa shape index (κ1) is 12.0. The highest BCUT2D eigenvalue weighted by atomic mass is 16.5. The number of nitrogens with two attached hydrogens (primary N) is 1. The van der Waals surface area contributed by atoms with Crippen molar-refractivity contribution in [3.05, 3.63) is 12.4 Å². The zero-order valence-corrected chi connectivity index (χ0v) is 10.8. The number of hydrogen-bond acceptors (Lipinski definition) is 4. The third-order valence-electron chi connectivity index (χ3n) is 4.22. The van der Waals surface area contributed by atoms with E-state index in [1.165, 1.54) is 25.7 Å². The number of anilines is 1. The summed E-state index contributed by atoms with van der Waals surface area (Å²) < 4.78 is 7.46. The van der Waals surface area contributed by atoms with Gasteiger partial charge in [0.05, 0.1) is 31.1 Å². The lowest BCUT2D eigenvalue weighted by Gasteiger charge is -2.38. The number of hydrogen-bond donors (Lipinski definition) is 1. The molecule has 1 aromatic rings. The van der Waals surface area contributed by atoms with Crippen molar-refractivity contribution >= 4 is 5.69 Å². The molecule has 0 amide bonds. The van der Waals surface area contributed by atoms with Gasteiger partial charge in [0, 0.05) is 25.3 Å². The van der Waals surface area contributed by atoms with Gasteiger partial charge < -0.3 is 10.5 Å². The second-order valence-electron chi connectivity index (χ2n) is 5.36. The fourth-order valence-electron chi connectivity index (χ4n) is 3.18. The van der Waals surface area contributed by atoms with Crippen LogP contribution in [0.3, 0.4) is 0 Å². The van der Waals surface area contributed by atoms with Gasteiger partial charge >= 0.3 is 0 Å². The molecule has 2 heterocycles. The Labute approximate surface area is 108 Å². The topological polar surface area (TPSA) is 56.3 Å². The summed E-state index contributed by atoms with van der Waals surface area (Å²) in [6, 6.07) is 1.29. The Morgan fingerprint density at radius 2 is 1.78 bits per heavy atom. The molecule has 18 heavy (non-hydrogen) atoms. The number of morpholine rings is 1. The zero-order valence-electron chi connectivity index (χ0n) is 10.8. The lowest BCUT2D eigenvalue weighted by atomic mass is 9.90. The Morgan fingerprint density at radius 1 is 1.11 bits per heavy atom. The summed E-state index contributed by atoms with van der Waals surface area (Å²) in [5.74, 6) is 0. The van der Waals surface area contributed by atoms with E-state index in [0.717, 1.165) is 38.0 Å². The normalized spacial score (nSPS) is 30.4. The second-order valence-corrected chi connectivity index (χ2v) is 5.36. The third-order valence-corrected chi connectivity index (χ3v) is 4.22. The Morgan fingerprint density at radius 3 is 2.39 bits per heavy atom. The van der Waals surface area contributed by atoms with Gasteiger partial charge in [-0.3, -0.25) is 9.58 Å². The van der Waals surface area contributed by atoms with Crippen LogP contribution >= 0.6 is 0 Å². The summed E-state index contributed by atoms with van der Waals surface area (Å²) in [5.41, 5.74) is 6.49. The maximum absolute atomic E-state index is 5.72. The summed E-state index contributed by atoms with van der Waals surface area (Å²) in [4.78, 5) is 2.59. The number of nitrogen functional groups attached to an aromatic ring is 1. The highest BCUT2D eigenvalue weighted by Gasteiger charge is 2.27. The molecule has 0 bridgehead atoms. The van der Waals surface area contributed by atoms with E-state index < -0.39 is 0 Å². The molecule has 100 valence electrons. The Kier molecular flexibility index (Phi) is 3.52. The molecular weight excluding hydrogens is 228 g/mol. The molecule has 0 unspecified atom stereocenters. The Bertz CT molecular complexity index is 378. The van der Waals surface area contributed by atoms with Gasteiger partial charge in [-0.1, -0.05) is 0 Å². The lowest BCUT2D eigenvalue weighted by molar-refractivity contribution is 0.00507. The summed E-state index contributed by atoms with van der Waals surface area (Å²) in [7, 11) is 0. The Hall–Kier alpha value is -1.07. The van der Waals surface area contributed by atoms with Crippen molar-refractivity contribution in [3.63, 3.8) is 0 Å². The highest BCUT2D eigenvalue weighted by Crippen LogP contribution is 2.31. The molecule has 2 aliphatic rings. The van der Waals surface area contributed by atoms with E-state index in [2.05, 4.69) is 10.00 Å². The van der Waals surface area contributed by atoms with Crippen LogP contribution in [0.15, 0.2) is 12.4 Å². The SMILES string of the molecule is Nc1cnn([C@H]2CC[C@H](N3CCOCC3)CC2)c1. The molecule has 1 saturated carbocycles. The summed E-state index contributed by atoms with van der Waals surface area (Å²) in [6.45, 7) is 4.00. The first-order valence-corrected chi connectivity index (χ1v) is 6.94. The van der Waals surface area contributed by atoms with Gasteiger partial charge in [-0.15, -0.1) is 0 Å². The molecule has 1 aliphatic heterocycles. The van der Waals surface area contributed by atoms with Crippen molar-refractivity contribution in [2.24, 2.45) is 0 Å². The number of nitrogens with zero attached hydrogens (tertiary/aromatic N) is 3. The molecule has 0 atom stereocenters. The van der Waals surface area contributed by atoms with E-state index in [9.17, 15) is 0 Å².